The predicted octanol–water partition coefficient (Wildman–Crippen LogP) is -1.41. The van der Waals surface area contributed by atoms with Gasteiger partial charge < -0.3 is 25.6 Å². The van der Waals surface area contributed by atoms with E-state index in [0.717, 1.165) is 0 Å². The first kappa shape index (κ1) is 12.9. The van der Waals surface area contributed by atoms with Crippen LogP contribution < -0.4 is 15.5 Å². The molecule has 1 aromatic rings. The molecule has 0 bridgehead atoms. The third-order valence-corrected chi connectivity index (χ3v) is 3.52. The molecular weight excluding hydrogens is 264 g/mol. The number of aromatic nitrogens is 2. The van der Waals surface area contributed by atoms with Gasteiger partial charge in [-0.25, -0.2) is 9.97 Å². The van der Waals surface area contributed by atoms with Crippen LogP contribution in [-0.2, 0) is 4.74 Å². The van der Waals surface area contributed by atoms with Crippen LogP contribution in [-0.4, -0.2) is 51.9 Å². The van der Waals surface area contributed by atoms with Crippen LogP contribution in [0.2, 0.25) is 0 Å². The largest absolute Gasteiger partial charge is 0.394 e. The van der Waals surface area contributed by atoms with E-state index in [0.29, 0.717) is 17.9 Å². The standard InChI is InChI=1S/C11H14N6O3/c12-3-16-5-17(8-1-6(19)7(2-18)20-8)11-9(16)10(13)14-4-15-11/h4,6-8,18-19H,1-2,5H2,(H2,13,14,15)/t6?,7-,8-/m1/s1. The molecule has 1 fully saturated rings. The molecule has 1 aromatic heterocycles. The molecule has 3 heterocycles. The maximum absolute atomic E-state index is 9.80. The van der Waals surface area contributed by atoms with Crippen LogP contribution in [0.5, 0.6) is 0 Å². The van der Waals surface area contributed by atoms with Gasteiger partial charge in [0.1, 0.15) is 31.0 Å². The Labute approximate surface area is 114 Å². The fraction of sp³-hybridized carbons (Fsp3) is 0.545. The van der Waals surface area contributed by atoms with Gasteiger partial charge in [-0.15, -0.1) is 0 Å². The first-order chi connectivity index (χ1) is 9.65. The van der Waals surface area contributed by atoms with Crippen LogP contribution in [0.4, 0.5) is 17.3 Å². The van der Waals surface area contributed by atoms with Crippen LogP contribution in [0.3, 0.4) is 0 Å². The second-order valence-corrected chi connectivity index (χ2v) is 4.69. The number of nitrogens with zero attached hydrogens (tertiary/aromatic N) is 5. The van der Waals surface area contributed by atoms with Gasteiger partial charge >= 0.3 is 0 Å². The molecule has 3 atom stereocenters. The van der Waals surface area contributed by atoms with E-state index >= 15 is 0 Å². The highest BCUT2D eigenvalue weighted by Crippen LogP contribution is 2.40. The van der Waals surface area contributed by atoms with Crippen molar-refractivity contribution in [3.05, 3.63) is 6.33 Å². The molecule has 0 radical (unpaired) electrons. The fourth-order valence-corrected chi connectivity index (χ4v) is 2.52. The van der Waals surface area contributed by atoms with Gasteiger partial charge in [0.2, 0.25) is 0 Å². The van der Waals surface area contributed by atoms with Crippen molar-refractivity contribution in [3.63, 3.8) is 0 Å². The van der Waals surface area contributed by atoms with Gasteiger partial charge in [0.25, 0.3) is 0 Å². The van der Waals surface area contributed by atoms with Gasteiger partial charge in [-0.1, -0.05) is 0 Å². The summed E-state index contributed by atoms with van der Waals surface area (Å²) in [6, 6.07) is 0. The minimum atomic E-state index is -0.747. The van der Waals surface area contributed by atoms with Crippen molar-refractivity contribution >= 4 is 17.3 Å². The number of ether oxygens (including phenoxy) is 1. The lowest BCUT2D eigenvalue weighted by Crippen LogP contribution is -2.38. The molecule has 0 aromatic carbocycles. The van der Waals surface area contributed by atoms with Gasteiger partial charge in [0.15, 0.2) is 17.8 Å². The number of hydrogen-bond donors (Lipinski definition) is 3. The van der Waals surface area contributed by atoms with E-state index in [4.69, 9.17) is 20.8 Å². The Kier molecular flexibility index (Phi) is 3.06. The molecule has 0 amide bonds. The minimum absolute atomic E-state index is 0.219. The maximum atomic E-state index is 9.80. The molecule has 1 unspecified atom stereocenters. The molecule has 4 N–H and O–H groups in total. The molecule has 9 heteroatoms. The Morgan fingerprint density at radius 2 is 2.35 bits per heavy atom. The first-order valence-electron chi connectivity index (χ1n) is 6.14. The van der Waals surface area contributed by atoms with Crippen LogP contribution in [0.25, 0.3) is 0 Å². The highest BCUT2D eigenvalue weighted by Gasteiger charge is 2.42. The van der Waals surface area contributed by atoms with E-state index < -0.39 is 18.4 Å². The summed E-state index contributed by atoms with van der Waals surface area (Å²) in [6.45, 7) is -0.0312. The van der Waals surface area contributed by atoms with Gasteiger partial charge in [-0.3, -0.25) is 4.90 Å². The fourth-order valence-electron chi connectivity index (χ4n) is 2.52. The Hall–Kier alpha value is -2.15. The Morgan fingerprint density at radius 1 is 1.55 bits per heavy atom. The SMILES string of the molecule is N#CN1CN([C@H]2CC(O)[C@@H](CO)O2)c2ncnc(N)c21. The molecule has 0 saturated carbocycles. The van der Waals surface area contributed by atoms with Crippen LogP contribution in [0.1, 0.15) is 6.42 Å². The van der Waals surface area contributed by atoms with E-state index in [1.807, 2.05) is 6.19 Å². The number of nitrogens with two attached hydrogens (primary N) is 1. The summed E-state index contributed by atoms with van der Waals surface area (Å²) in [5.74, 6) is 0.714. The van der Waals surface area contributed by atoms with Crippen molar-refractivity contribution in [2.75, 3.05) is 28.8 Å². The minimum Gasteiger partial charge on any atom is -0.394 e. The third-order valence-electron chi connectivity index (χ3n) is 3.52. The molecule has 1 saturated heterocycles. The average Bonchev–Trinajstić information content (AvgIpc) is 3.00. The second kappa shape index (κ2) is 4.75. The number of fused-ring (bicyclic) bond motifs is 1. The molecule has 20 heavy (non-hydrogen) atoms. The Balaban J connectivity index is 1.91. The second-order valence-electron chi connectivity index (χ2n) is 4.69. The van der Waals surface area contributed by atoms with E-state index in [1.54, 1.807) is 4.90 Å². The molecule has 3 rings (SSSR count). The van der Waals surface area contributed by atoms with Crippen LogP contribution >= 0.6 is 0 Å². The maximum Gasteiger partial charge on any atom is 0.186 e. The summed E-state index contributed by atoms with van der Waals surface area (Å²) >= 11 is 0. The smallest absolute Gasteiger partial charge is 0.186 e. The van der Waals surface area contributed by atoms with Crippen molar-refractivity contribution in [2.45, 2.75) is 24.9 Å². The quantitative estimate of drug-likeness (QED) is 0.558. The van der Waals surface area contributed by atoms with Crippen LogP contribution in [0, 0.1) is 11.5 Å². The van der Waals surface area contributed by atoms with Crippen molar-refractivity contribution in [2.24, 2.45) is 0 Å². The van der Waals surface area contributed by atoms with Gasteiger partial charge in [0.05, 0.1) is 12.7 Å². The summed E-state index contributed by atoms with van der Waals surface area (Å²) in [7, 11) is 0. The van der Waals surface area contributed by atoms with E-state index in [-0.39, 0.29) is 19.1 Å². The number of nitrogen functional groups attached to an aromatic ring is 1. The molecule has 106 valence electrons. The highest BCUT2D eigenvalue weighted by molar-refractivity contribution is 5.83. The number of nitriles is 1. The lowest BCUT2D eigenvalue weighted by molar-refractivity contribution is -0.0220. The number of hydrogen-bond acceptors (Lipinski definition) is 9. The molecule has 0 spiro atoms. The third kappa shape index (κ3) is 1.82. The summed E-state index contributed by atoms with van der Waals surface area (Å²) in [6.07, 6.45) is 1.82. The normalized spacial score (nSPS) is 28.6. The molecule has 2 aliphatic rings. The zero-order valence-electron chi connectivity index (χ0n) is 10.5. The van der Waals surface area contributed by atoms with E-state index in [9.17, 15) is 5.11 Å². The number of aliphatic hydroxyl groups excluding tert-OH is 2. The lowest BCUT2D eigenvalue weighted by atomic mass is 10.2. The number of rotatable bonds is 2. The topological polar surface area (TPSA) is 132 Å². The average molecular weight is 278 g/mol. The van der Waals surface area contributed by atoms with Gasteiger partial charge in [-0.2, -0.15) is 5.26 Å². The van der Waals surface area contributed by atoms with Gasteiger partial charge in [0, 0.05) is 6.42 Å². The zero-order valence-corrected chi connectivity index (χ0v) is 10.5. The summed E-state index contributed by atoms with van der Waals surface area (Å²) < 4.78 is 5.58. The van der Waals surface area contributed by atoms with E-state index in [1.165, 1.54) is 11.2 Å². The monoisotopic (exact) mass is 278 g/mol. The summed E-state index contributed by atoms with van der Waals surface area (Å²) in [4.78, 5) is 11.1. The lowest BCUT2D eigenvalue weighted by Gasteiger charge is -2.24. The summed E-state index contributed by atoms with van der Waals surface area (Å²) in [5, 5.41) is 28.1. The zero-order chi connectivity index (χ0) is 14.3. The molecular formula is C11H14N6O3. The Bertz CT molecular complexity index is 562. The van der Waals surface area contributed by atoms with Crippen LogP contribution in [0.15, 0.2) is 6.33 Å². The van der Waals surface area contributed by atoms with Gasteiger partial charge in [-0.05, 0) is 0 Å². The number of aliphatic hydroxyl groups is 2. The summed E-state index contributed by atoms with van der Waals surface area (Å²) in [5.41, 5.74) is 6.22. The predicted molar refractivity (Wildman–Crippen MR) is 68.3 cm³/mol. The van der Waals surface area contributed by atoms with Crippen molar-refractivity contribution in [1.29, 1.82) is 5.26 Å². The van der Waals surface area contributed by atoms with Crippen molar-refractivity contribution < 1.29 is 14.9 Å². The first-order valence-corrected chi connectivity index (χ1v) is 6.14. The number of anilines is 3. The highest BCUT2D eigenvalue weighted by atomic mass is 16.5. The van der Waals surface area contributed by atoms with E-state index in [2.05, 4.69) is 9.97 Å². The molecule has 0 aliphatic carbocycles. The molecule has 9 nitrogen and oxygen atoms in total. The Morgan fingerprint density at radius 3 is 3.00 bits per heavy atom. The van der Waals surface area contributed by atoms with Crippen molar-refractivity contribution in [3.8, 4) is 6.19 Å². The van der Waals surface area contributed by atoms with Crippen molar-refractivity contribution in [1.82, 2.24) is 9.97 Å². The molecule has 2 aliphatic heterocycles.